The number of nitrogens with zero attached hydrogens (tertiary/aromatic N) is 1. The predicted octanol–water partition coefficient (Wildman–Crippen LogP) is 2.54. The molecular weight excluding hydrogens is 609 g/mol. The van der Waals surface area contributed by atoms with Crippen LogP contribution in [-0.2, 0) is 47.9 Å². The minimum atomic E-state index is -5.84. The summed E-state index contributed by atoms with van der Waals surface area (Å²) in [4.78, 5) is 2.08. The van der Waals surface area contributed by atoms with E-state index in [0.717, 1.165) is 0 Å². The number of alkyl halides is 6. The van der Waals surface area contributed by atoms with E-state index >= 15 is 0 Å². The Labute approximate surface area is 166 Å². The molecule has 1 aromatic carbocycles. The summed E-state index contributed by atoms with van der Waals surface area (Å²) in [5, 5.41) is 0. The van der Waals surface area contributed by atoms with E-state index in [9.17, 15) is 26.3 Å². The predicted molar refractivity (Wildman–Crippen MR) is 76.0 cm³/mol. The van der Waals surface area contributed by atoms with Crippen molar-refractivity contribution >= 4 is 25.9 Å². The Balaban J connectivity index is -0.000000301. The largest absolute Gasteiger partial charge is 0.522 e. The molecule has 0 saturated heterocycles. The third kappa shape index (κ3) is 13.5. The van der Waals surface area contributed by atoms with Gasteiger partial charge in [-0.2, -0.15) is 43.2 Å². The molecular formula is C10H13F6HgNO6S2. The number of hydrogen-bond donors (Lipinski definition) is 2. The van der Waals surface area contributed by atoms with Crippen molar-refractivity contribution in [3.63, 3.8) is 0 Å². The molecule has 26 heavy (non-hydrogen) atoms. The molecule has 1 aromatic rings. The summed E-state index contributed by atoms with van der Waals surface area (Å²) in [5.74, 6) is 0. The quantitative estimate of drug-likeness (QED) is 0.215. The molecule has 0 radical (unpaired) electrons. The molecule has 0 unspecified atom stereocenters. The summed E-state index contributed by atoms with van der Waals surface area (Å²) in [5.41, 5.74) is -9.82. The average molecular weight is 622 g/mol. The first-order chi connectivity index (χ1) is 10.8. The molecule has 0 heterocycles. The van der Waals surface area contributed by atoms with Gasteiger partial charge in [0.05, 0.1) is 0 Å². The number of hydrogen-bond acceptors (Lipinski definition) is 5. The molecule has 16 heteroatoms. The van der Waals surface area contributed by atoms with E-state index in [-0.39, 0.29) is 27.7 Å². The van der Waals surface area contributed by atoms with Crippen LogP contribution >= 0.6 is 0 Å². The summed E-state index contributed by atoms with van der Waals surface area (Å²) < 4.78 is 115. The van der Waals surface area contributed by atoms with Crippen molar-refractivity contribution in [1.29, 1.82) is 0 Å². The standard InChI is InChI=1S/C8H11N.2CHF3O3S.Hg/c1-9(2)8-6-4-3-5-7-8;2*2-1(3,4)8(5,6)7;/h3-7H,1-2H3;2*(H,5,6,7);. The van der Waals surface area contributed by atoms with Crippen LogP contribution in [0.3, 0.4) is 0 Å². The van der Waals surface area contributed by atoms with Crippen molar-refractivity contribution < 1.29 is 80.0 Å². The number of benzene rings is 1. The summed E-state index contributed by atoms with van der Waals surface area (Å²) in [7, 11) is -7.61. The van der Waals surface area contributed by atoms with Gasteiger partial charge in [0.2, 0.25) is 0 Å². The minimum Gasteiger partial charge on any atom is -0.378 e. The van der Waals surface area contributed by atoms with Crippen LogP contribution in [-0.4, -0.2) is 51.1 Å². The zero-order valence-electron chi connectivity index (χ0n) is 13.2. The first kappa shape index (κ1) is 30.1. The first-order valence-corrected chi connectivity index (χ1v) is 8.48. The molecule has 0 bridgehead atoms. The number of para-hydroxylation sites is 1. The Morgan fingerprint density at radius 2 is 1.00 bits per heavy atom. The second-order valence-electron chi connectivity index (χ2n) is 4.07. The second kappa shape index (κ2) is 11.3. The first-order valence-electron chi connectivity index (χ1n) is 5.60. The number of anilines is 1. The summed E-state index contributed by atoms with van der Waals surface area (Å²) in [6.07, 6.45) is 0. The van der Waals surface area contributed by atoms with E-state index in [0.29, 0.717) is 0 Å². The Kier molecular flexibility index (Phi) is 13.0. The van der Waals surface area contributed by atoms with Gasteiger partial charge in [0.1, 0.15) is 0 Å². The molecule has 0 fully saturated rings. The van der Waals surface area contributed by atoms with Gasteiger partial charge >= 0.3 is 31.3 Å². The van der Waals surface area contributed by atoms with Crippen LogP contribution in [0.2, 0.25) is 0 Å². The topological polar surface area (TPSA) is 112 Å². The fourth-order valence-electron chi connectivity index (χ4n) is 0.726. The van der Waals surface area contributed by atoms with Crippen LogP contribution in [0.5, 0.6) is 0 Å². The molecule has 0 aromatic heterocycles. The van der Waals surface area contributed by atoms with Crippen molar-refractivity contribution in [2.24, 2.45) is 0 Å². The zero-order valence-corrected chi connectivity index (χ0v) is 20.3. The molecule has 1 rings (SSSR count). The van der Waals surface area contributed by atoms with Crippen LogP contribution in [0.15, 0.2) is 30.3 Å². The van der Waals surface area contributed by atoms with Crippen molar-refractivity contribution in [2.45, 2.75) is 11.0 Å². The maximum Gasteiger partial charge on any atom is 0.522 e. The molecule has 0 aliphatic rings. The fourth-order valence-corrected chi connectivity index (χ4v) is 0.726. The van der Waals surface area contributed by atoms with Gasteiger partial charge in [-0.3, -0.25) is 9.11 Å². The monoisotopic (exact) mass is 623 g/mol. The van der Waals surface area contributed by atoms with E-state index in [1.807, 2.05) is 32.3 Å². The van der Waals surface area contributed by atoms with E-state index in [1.165, 1.54) is 5.69 Å². The van der Waals surface area contributed by atoms with Crippen molar-refractivity contribution in [1.82, 2.24) is 0 Å². The summed E-state index contributed by atoms with van der Waals surface area (Å²) in [6, 6.07) is 10.3. The minimum absolute atomic E-state index is 0. The molecule has 0 aliphatic heterocycles. The molecule has 0 saturated carbocycles. The number of halogens is 6. The second-order valence-corrected chi connectivity index (χ2v) is 6.90. The molecule has 150 valence electrons. The normalized spacial score (nSPS) is 11.8. The third-order valence-electron chi connectivity index (χ3n) is 1.86. The average Bonchev–Trinajstić information content (AvgIpc) is 2.36. The van der Waals surface area contributed by atoms with Crippen LogP contribution in [0.25, 0.3) is 0 Å². The third-order valence-corrected chi connectivity index (χ3v) is 3.03. The van der Waals surface area contributed by atoms with Crippen LogP contribution in [0, 0.1) is 0 Å². The van der Waals surface area contributed by atoms with Gasteiger partial charge < -0.3 is 4.90 Å². The van der Waals surface area contributed by atoms with E-state index in [2.05, 4.69) is 17.0 Å². The summed E-state index contributed by atoms with van der Waals surface area (Å²) >= 11 is 0. The van der Waals surface area contributed by atoms with E-state index in [4.69, 9.17) is 25.9 Å². The van der Waals surface area contributed by atoms with Gasteiger partial charge in [0.25, 0.3) is 0 Å². The fraction of sp³-hybridized carbons (Fsp3) is 0.400. The van der Waals surface area contributed by atoms with Gasteiger partial charge in [0.15, 0.2) is 0 Å². The molecule has 0 spiro atoms. The van der Waals surface area contributed by atoms with Crippen molar-refractivity contribution in [3.05, 3.63) is 30.3 Å². The molecule has 0 aliphatic carbocycles. The van der Waals surface area contributed by atoms with Gasteiger partial charge in [-0.1, -0.05) is 18.2 Å². The molecule has 0 atom stereocenters. The van der Waals surface area contributed by atoms with Gasteiger partial charge in [0, 0.05) is 47.5 Å². The van der Waals surface area contributed by atoms with Crippen LogP contribution in [0.4, 0.5) is 32.0 Å². The molecule has 2 N–H and O–H groups in total. The molecule has 0 amide bonds. The maximum absolute atomic E-state index is 10.7. The van der Waals surface area contributed by atoms with Gasteiger partial charge in [-0.25, -0.2) is 0 Å². The number of rotatable bonds is 1. The van der Waals surface area contributed by atoms with Crippen molar-refractivity contribution in [2.75, 3.05) is 19.0 Å². The van der Waals surface area contributed by atoms with Crippen LogP contribution < -0.4 is 4.90 Å². The van der Waals surface area contributed by atoms with E-state index in [1.54, 1.807) is 0 Å². The van der Waals surface area contributed by atoms with Gasteiger partial charge in [-0.15, -0.1) is 0 Å². The Bertz CT molecular complexity index is 677. The smallest absolute Gasteiger partial charge is 0.378 e. The Morgan fingerprint density at radius 1 is 0.769 bits per heavy atom. The maximum atomic E-state index is 10.7. The SMILES string of the molecule is CN(C)c1ccccc1.O=S(=O)(O)C(F)(F)F.O=S(=O)(O)C(F)(F)F.[Hg]. The molecule has 7 nitrogen and oxygen atoms in total. The van der Waals surface area contributed by atoms with E-state index < -0.39 is 31.3 Å². The van der Waals surface area contributed by atoms with Gasteiger partial charge in [-0.05, 0) is 12.1 Å². The summed E-state index contributed by atoms with van der Waals surface area (Å²) in [6.45, 7) is 0. The van der Waals surface area contributed by atoms with Crippen LogP contribution in [0.1, 0.15) is 0 Å². The zero-order chi connectivity index (χ0) is 20.7. The van der Waals surface area contributed by atoms with Crippen molar-refractivity contribution in [3.8, 4) is 0 Å². The Hall–Kier alpha value is -0.645. The Morgan fingerprint density at radius 3 is 1.12 bits per heavy atom.